The van der Waals surface area contributed by atoms with E-state index in [9.17, 15) is 8.42 Å². The lowest BCUT2D eigenvalue weighted by atomic mass is 10.2. The molecule has 6 nitrogen and oxygen atoms in total. The molecule has 0 unspecified atom stereocenters. The van der Waals surface area contributed by atoms with E-state index in [2.05, 4.69) is 10.1 Å². The van der Waals surface area contributed by atoms with Crippen molar-refractivity contribution in [2.24, 2.45) is 0 Å². The van der Waals surface area contributed by atoms with Crippen molar-refractivity contribution in [1.29, 1.82) is 0 Å². The normalized spacial score (nSPS) is 15.1. The van der Waals surface area contributed by atoms with Gasteiger partial charge in [-0.2, -0.15) is 4.98 Å². The molecule has 1 fully saturated rings. The van der Waals surface area contributed by atoms with Crippen molar-refractivity contribution in [3.8, 4) is 5.75 Å². The van der Waals surface area contributed by atoms with Crippen LogP contribution in [0.4, 0.5) is 0 Å². The van der Waals surface area contributed by atoms with Gasteiger partial charge in [0.25, 0.3) is 9.05 Å². The molecule has 0 radical (unpaired) electrons. The van der Waals surface area contributed by atoms with Crippen LogP contribution in [0.15, 0.2) is 27.6 Å². The average Bonchev–Trinajstić information content (AvgIpc) is 3.16. The zero-order chi connectivity index (χ0) is 15.0. The molecule has 1 saturated carbocycles. The minimum absolute atomic E-state index is 0.0265. The number of hydrogen-bond donors (Lipinski definition) is 0. The lowest BCUT2D eigenvalue weighted by Gasteiger charge is -2.08. The predicted octanol–water partition coefficient (Wildman–Crippen LogP) is 2.76. The molecular formula is C13H13ClN2O4S. The van der Waals surface area contributed by atoms with Crippen LogP contribution in [0.3, 0.4) is 0 Å². The molecule has 0 atom stereocenters. The summed E-state index contributed by atoms with van der Waals surface area (Å²) in [6.07, 6.45) is 2.13. The first-order chi connectivity index (χ1) is 9.93. The smallest absolute Gasteiger partial charge is 0.264 e. The minimum Gasteiger partial charge on any atom is -0.484 e. The van der Waals surface area contributed by atoms with Gasteiger partial charge in [-0.25, -0.2) is 8.42 Å². The summed E-state index contributed by atoms with van der Waals surface area (Å²) in [5.74, 6) is 1.54. The van der Waals surface area contributed by atoms with Crippen LogP contribution in [-0.2, 0) is 15.7 Å². The molecule has 0 spiro atoms. The Balaban J connectivity index is 1.77. The molecule has 1 aliphatic rings. The zero-order valence-electron chi connectivity index (χ0n) is 11.2. The van der Waals surface area contributed by atoms with E-state index in [4.69, 9.17) is 19.9 Å². The Labute approximate surface area is 126 Å². The van der Waals surface area contributed by atoms with Crippen molar-refractivity contribution in [2.75, 3.05) is 0 Å². The second kappa shape index (κ2) is 5.31. The number of hydrogen-bond acceptors (Lipinski definition) is 6. The van der Waals surface area contributed by atoms with Crippen molar-refractivity contribution in [3.05, 3.63) is 35.5 Å². The van der Waals surface area contributed by atoms with Crippen LogP contribution >= 0.6 is 10.7 Å². The number of halogens is 1. The molecule has 112 valence electrons. The van der Waals surface area contributed by atoms with Crippen LogP contribution in [0.1, 0.15) is 36.0 Å². The molecule has 0 saturated heterocycles. The highest BCUT2D eigenvalue weighted by molar-refractivity contribution is 8.13. The van der Waals surface area contributed by atoms with Gasteiger partial charge in [0, 0.05) is 16.6 Å². The Morgan fingerprint density at radius 2 is 2.19 bits per heavy atom. The van der Waals surface area contributed by atoms with Crippen molar-refractivity contribution in [2.45, 2.75) is 37.2 Å². The van der Waals surface area contributed by atoms with Gasteiger partial charge >= 0.3 is 0 Å². The minimum atomic E-state index is -3.88. The molecule has 8 heteroatoms. The summed E-state index contributed by atoms with van der Waals surface area (Å²) in [4.78, 5) is 4.15. The van der Waals surface area contributed by atoms with Gasteiger partial charge in [0.05, 0.1) is 0 Å². The van der Waals surface area contributed by atoms with E-state index in [1.165, 1.54) is 6.07 Å². The van der Waals surface area contributed by atoms with Gasteiger partial charge in [-0.3, -0.25) is 0 Å². The quantitative estimate of drug-likeness (QED) is 0.785. The van der Waals surface area contributed by atoms with Crippen LogP contribution in [0, 0.1) is 6.92 Å². The fourth-order valence-corrected chi connectivity index (χ4v) is 2.95. The van der Waals surface area contributed by atoms with Crippen LogP contribution < -0.4 is 4.74 Å². The molecule has 21 heavy (non-hydrogen) atoms. The lowest BCUT2D eigenvalue weighted by Crippen LogP contribution is -2.02. The lowest BCUT2D eigenvalue weighted by molar-refractivity contribution is 0.278. The first-order valence-corrected chi connectivity index (χ1v) is 8.75. The van der Waals surface area contributed by atoms with E-state index >= 15 is 0 Å². The summed E-state index contributed by atoms with van der Waals surface area (Å²) in [5, 5.41) is 3.81. The summed E-state index contributed by atoms with van der Waals surface area (Å²) in [7, 11) is 1.54. The number of nitrogens with zero attached hydrogens (tertiary/aromatic N) is 2. The fourth-order valence-electron chi connectivity index (χ4n) is 1.89. The van der Waals surface area contributed by atoms with Gasteiger partial charge in [0.15, 0.2) is 6.61 Å². The fraction of sp³-hybridized carbons (Fsp3) is 0.385. The predicted molar refractivity (Wildman–Crippen MR) is 74.8 cm³/mol. The standard InChI is InChI=1S/C13H13ClN2O4S/c1-8-2-5-10(11(6-8)21(14,17)18)19-7-12-15-13(20-16-12)9-3-4-9/h2,5-6,9H,3-4,7H2,1H3. The van der Waals surface area contributed by atoms with Crippen molar-refractivity contribution in [1.82, 2.24) is 10.1 Å². The average molecular weight is 329 g/mol. The number of ether oxygens (including phenoxy) is 1. The maximum absolute atomic E-state index is 11.6. The van der Waals surface area contributed by atoms with Gasteiger partial charge in [0.1, 0.15) is 10.6 Å². The Hall–Kier alpha value is -1.60. The third kappa shape index (κ3) is 3.36. The highest BCUT2D eigenvalue weighted by atomic mass is 35.7. The van der Waals surface area contributed by atoms with Crippen LogP contribution in [-0.4, -0.2) is 18.6 Å². The first kappa shape index (κ1) is 14.3. The van der Waals surface area contributed by atoms with E-state index in [-0.39, 0.29) is 17.3 Å². The second-order valence-electron chi connectivity index (χ2n) is 5.00. The summed E-state index contributed by atoms with van der Waals surface area (Å²) in [5.41, 5.74) is 0.775. The Morgan fingerprint density at radius 3 is 2.86 bits per heavy atom. The van der Waals surface area contributed by atoms with Crippen molar-refractivity contribution < 1.29 is 17.7 Å². The maximum Gasteiger partial charge on any atom is 0.264 e. The van der Waals surface area contributed by atoms with Crippen molar-refractivity contribution >= 4 is 19.7 Å². The highest BCUT2D eigenvalue weighted by Crippen LogP contribution is 2.38. The molecule has 1 aromatic carbocycles. The molecule has 0 bridgehead atoms. The zero-order valence-corrected chi connectivity index (χ0v) is 12.8. The van der Waals surface area contributed by atoms with E-state index in [1.54, 1.807) is 19.1 Å². The molecular weight excluding hydrogens is 316 g/mol. The van der Waals surface area contributed by atoms with Gasteiger partial charge in [-0.15, -0.1) is 0 Å². The summed E-state index contributed by atoms with van der Waals surface area (Å²) in [6.45, 7) is 1.80. The number of aromatic nitrogens is 2. The molecule has 3 rings (SSSR count). The largest absolute Gasteiger partial charge is 0.484 e. The van der Waals surface area contributed by atoms with E-state index in [0.717, 1.165) is 18.4 Å². The third-order valence-corrected chi connectivity index (χ3v) is 4.47. The SMILES string of the molecule is Cc1ccc(OCc2noc(C3CC3)n2)c(S(=O)(=O)Cl)c1. The van der Waals surface area contributed by atoms with Gasteiger partial charge < -0.3 is 9.26 Å². The van der Waals surface area contributed by atoms with Gasteiger partial charge in [-0.1, -0.05) is 11.2 Å². The van der Waals surface area contributed by atoms with E-state index in [1.807, 2.05) is 0 Å². The van der Waals surface area contributed by atoms with Crippen molar-refractivity contribution in [3.63, 3.8) is 0 Å². The molecule has 1 heterocycles. The molecule has 0 N–H and O–H groups in total. The Morgan fingerprint density at radius 1 is 1.43 bits per heavy atom. The third-order valence-electron chi connectivity index (χ3n) is 3.13. The summed E-state index contributed by atoms with van der Waals surface area (Å²) in [6, 6.07) is 4.77. The van der Waals surface area contributed by atoms with Crippen LogP contribution in [0.5, 0.6) is 5.75 Å². The summed E-state index contributed by atoms with van der Waals surface area (Å²) >= 11 is 0. The molecule has 1 aromatic heterocycles. The van der Waals surface area contributed by atoms with Gasteiger partial charge in [-0.05, 0) is 37.5 Å². The highest BCUT2D eigenvalue weighted by Gasteiger charge is 2.29. The summed E-state index contributed by atoms with van der Waals surface area (Å²) < 4.78 is 33.7. The molecule has 0 amide bonds. The van der Waals surface area contributed by atoms with Gasteiger partial charge in [0.2, 0.25) is 11.7 Å². The Bertz CT molecular complexity index is 768. The van der Waals surface area contributed by atoms with E-state index in [0.29, 0.717) is 17.6 Å². The number of aryl methyl sites for hydroxylation is 1. The molecule has 0 aliphatic heterocycles. The number of benzene rings is 1. The Kier molecular flexibility index (Phi) is 3.62. The van der Waals surface area contributed by atoms with Crippen LogP contribution in [0.25, 0.3) is 0 Å². The van der Waals surface area contributed by atoms with Crippen LogP contribution in [0.2, 0.25) is 0 Å². The topological polar surface area (TPSA) is 82.3 Å². The first-order valence-electron chi connectivity index (χ1n) is 6.44. The maximum atomic E-state index is 11.6. The molecule has 1 aliphatic carbocycles. The number of rotatable bonds is 5. The van der Waals surface area contributed by atoms with E-state index < -0.39 is 9.05 Å². The molecule has 2 aromatic rings. The second-order valence-corrected chi connectivity index (χ2v) is 7.53. The monoisotopic (exact) mass is 328 g/mol.